The molecule has 2 aliphatic heterocycles. The first-order valence-corrected chi connectivity index (χ1v) is 11.3. The predicted molar refractivity (Wildman–Crippen MR) is 119 cm³/mol. The number of fused-ring (bicyclic) bond motifs is 1. The van der Waals surface area contributed by atoms with Crippen LogP contribution in [0.25, 0.3) is 22.2 Å². The largest absolute Gasteiger partial charge is 0.474 e. The fourth-order valence-corrected chi connectivity index (χ4v) is 4.32. The van der Waals surface area contributed by atoms with E-state index >= 15 is 0 Å². The van der Waals surface area contributed by atoms with Crippen LogP contribution in [0.2, 0.25) is 0 Å². The number of aromatic amines is 1. The van der Waals surface area contributed by atoms with Gasteiger partial charge in [0.25, 0.3) is 5.91 Å². The number of rotatable bonds is 5. The Morgan fingerprint density at radius 2 is 1.94 bits per heavy atom. The van der Waals surface area contributed by atoms with Gasteiger partial charge in [0, 0.05) is 49.9 Å². The molecule has 0 atom stereocenters. The van der Waals surface area contributed by atoms with Gasteiger partial charge in [0.15, 0.2) is 0 Å². The Morgan fingerprint density at radius 3 is 2.69 bits per heavy atom. The smallest absolute Gasteiger partial charge is 0.270 e. The molecule has 0 unspecified atom stereocenters. The van der Waals surface area contributed by atoms with Crippen LogP contribution in [0, 0.1) is 0 Å². The Balaban J connectivity index is 1.53. The molecule has 0 radical (unpaired) electrons. The predicted octanol–water partition coefficient (Wildman–Crippen LogP) is 3.04. The van der Waals surface area contributed by atoms with Gasteiger partial charge in [-0.1, -0.05) is 0 Å². The summed E-state index contributed by atoms with van der Waals surface area (Å²) < 4.78 is 19.1. The van der Waals surface area contributed by atoms with Crippen LogP contribution in [0.1, 0.15) is 43.2 Å². The molecule has 2 saturated heterocycles. The third kappa shape index (κ3) is 3.98. The average Bonchev–Trinajstić information content (AvgIpc) is 3.45. The Hall–Kier alpha value is -2.91. The standard InChI is InChI=1S/C23H29N5O4/c1-15(2)28-14-16(13-19(28)23(29)27-7-11-31-12-8-27)21-20-18(25-26-21)3-6-24-22(20)32-17-4-9-30-10-5-17/h3,6,13-15,17H,4-5,7-12H2,1-2H3,(H,25,26). The molecule has 5 rings (SSSR count). The minimum absolute atomic E-state index is 0.0184. The van der Waals surface area contributed by atoms with Gasteiger partial charge in [-0.05, 0) is 26.0 Å². The lowest BCUT2D eigenvalue weighted by molar-refractivity contribution is 0.0244. The van der Waals surface area contributed by atoms with Gasteiger partial charge in [-0.15, -0.1) is 0 Å². The van der Waals surface area contributed by atoms with Gasteiger partial charge >= 0.3 is 0 Å². The van der Waals surface area contributed by atoms with Crippen LogP contribution in [0.5, 0.6) is 5.88 Å². The topological polar surface area (TPSA) is 94.5 Å². The molecule has 2 fully saturated rings. The maximum absolute atomic E-state index is 13.3. The monoisotopic (exact) mass is 439 g/mol. The lowest BCUT2D eigenvalue weighted by Gasteiger charge is -2.27. The molecule has 9 heteroatoms. The first-order valence-electron chi connectivity index (χ1n) is 11.3. The van der Waals surface area contributed by atoms with Crippen LogP contribution in [-0.4, -0.2) is 76.2 Å². The minimum atomic E-state index is 0.0184. The van der Waals surface area contributed by atoms with Crippen molar-refractivity contribution in [1.82, 2.24) is 24.6 Å². The summed E-state index contributed by atoms with van der Waals surface area (Å²) in [5.74, 6) is 0.585. The summed E-state index contributed by atoms with van der Waals surface area (Å²) in [6.45, 7) is 7.90. The van der Waals surface area contributed by atoms with Gasteiger partial charge in [0.05, 0.1) is 37.3 Å². The number of nitrogens with one attached hydrogen (secondary N) is 1. The van der Waals surface area contributed by atoms with Crippen molar-refractivity contribution in [2.45, 2.75) is 38.8 Å². The zero-order valence-corrected chi connectivity index (χ0v) is 18.5. The summed E-state index contributed by atoms with van der Waals surface area (Å²) in [7, 11) is 0. The number of aromatic nitrogens is 4. The number of hydrogen-bond acceptors (Lipinski definition) is 6. The van der Waals surface area contributed by atoms with E-state index in [0.29, 0.717) is 51.1 Å². The van der Waals surface area contributed by atoms with E-state index in [1.165, 1.54) is 0 Å². The van der Waals surface area contributed by atoms with Crippen LogP contribution < -0.4 is 4.74 Å². The third-order valence-electron chi connectivity index (χ3n) is 6.08. The van der Waals surface area contributed by atoms with Crippen molar-refractivity contribution >= 4 is 16.8 Å². The van der Waals surface area contributed by atoms with E-state index < -0.39 is 0 Å². The molecule has 3 aromatic heterocycles. The van der Waals surface area contributed by atoms with E-state index in [1.807, 2.05) is 27.8 Å². The Morgan fingerprint density at radius 1 is 1.19 bits per heavy atom. The Bertz CT molecular complexity index is 1090. The maximum Gasteiger partial charge on any atom is 0.270 e. The lowest BCUT2D eigenvalue weighted by atomic mass is 10.1. The van der Waals surface area contributed by atoms with Crippen molar-refractivity contribution in [3.05, 3.63) is 30.2 Å². The third-order valence-corrected chi connectivity index (χ3v) is 6.08. The van der Waals surface area contributed by atoms with Crippen molar-refractivity contribution in [2.24, 2.45) is 0 Å². The number of hydrogen-bond donors (Lipinski definition) is 1. The summed E-state index contributed by atoms with van der Waals surface area (Å²) in [5, 5.41) is 8.51. The molecule has 0 spiro atoms. The van der Waals surface area contributed by atoms with Crippen LogP contribution in [-0.2, 0) is 9.47 Å². The van der Waals surface area contributed by atoms with Crippen LogP contribution >= 0.6 is 0 Å². The summed E-state index contributed by atoms with van der Waals surface area (Å²) in [6.07, 6.45) is 5.48. The molecule has 1 N–H and O–H groups in total. The number of carbonyl (C=O) groups is 1. The van der Waals surface area contributed by atoms with Crippen molar-refractivity contribution in [3.63, 3.8) is 0 Å². The molecule has 170 valence electrons. The highest BCUT2D eigenvalue weighted by Crippen LogP contribution is 2.35. The van der Waals surface area contributed by atoms with E-state index in [9.17, 15) is 4.79 Å². The normalized spacial score (nSPS) is 17.9. The SMILES string of the molecule is CC(C)n1cc(-c2n[nH]c3ccnc(OC4CCOCC4)c23)cc1C(=O)N1CCOCC1. The quantitative estimate of drug-likeness (QED) is 0.657. The van der Waals surface area contributed by atoms with Gasteiger partial charge in [0.1, 0.15) is 17.5 Å². The van der Waals surface area contributed by atoms with Gasteiger partial charge in [0.2, 0.25) is 5.88 Å². The van der Waals surface area contributed by atoms with Crippen LogP contribution in [0.4, 0.5) is 0 Å². The van der Waals surface area contributed by atoms with Gasteiger partial charge in [-0.3, -0.25) is 9.89 Å². The lowest BCUT2D eigenvalue weighted by Crippen LogP contribution is -2.41. The number of amides is 1. The molecule has 0 aromatic carbocycles. The van der Waals surface area contributed by atoms with Gasteiger partial charge in [-0.25, -0.2) is 4.98 Å². The molecule has 2 aliphatic rings. The van der Waals surface area contributed by atoms with E-state index in [-0.39, 0.29) is 18.1 Å². The highest BCUT2D eigenvalue weighted by Gasteiger charge is 2.26. The number of ether oxygens (including phenoxy) is 3. The molecule has 5 heterocycles. The molecule has 9 nitrogen and oxygen atoms in total. The molecule has 0 saturated carbocycles. The summed E-state index contributed by atoms with van der Waals surface area (Å²) in [5.41, 5.74) is 3.12. The second kappa shape index (κ2) is 8.91. The van der Waals surface area contributed by atoms with Crippen LogP contribution in [0.15, 0.2) is 24.5 Å². The molecule has 3 aromatic rings. The second-order valence-corrected chi connectivity index (χ2v) is 8.56. The number of carbonyl (C=O) groups excluding carboxylic acids is 1. The van der Waals surface area contributed by atoms with Crippen molar-refractivity contribution in [2.75, 3.05) is 39.5 Å². The van der Waals surface area contributed by atoms with E-state index in [4.69, 9.17) is 14.2 Å². The van der Waals surface area contributed by atoms with Crippen molar-refractivity contribution in [1.29, 1.82) is 0 Å². The zero-order chi connectivity index (χ0) is 22.1. The second-order valence-electron chi connectivity index (χ2n) is 8.56. The summed E-state index contributed by atoms with van der Waals surface area (Å²) in [4.78, 5) is 19.6. The van der Waals surface area contributed by atoms with Gasteiger partial charge < -0.3 is 23.7 Å². The first kappa shape index (κ1) is 21.0. The first-order chi connectivity index (χ1) is 15.6. The highest BCUT2D eigenvalue weighted by molar-refractivity contribution is 5.99. The fourth-order valence-electron chi connectivity index (χ4n) is 4.32. The number of H-pyrrole nitrogens is 1. The molecular formula is C23H29N5O4. The average molecular weight is 440 g/mol. The zero-order valence-electron chi connectivity index (χ0n) is 18.5. The Kier molecular flexibility index (Phi) is 5.84. The van der Waals surface area contributed by atoms with E-state index in [0.717, 1.165) is 35.0 Å². The van der Waals surface area contributed by atoms with E-state index in [2.05, 4.69) is 29.0 Å². The number of pyridine rings is 1. The van der Waals surface area contributed by atoms with Crippen molar-refractivity contribution in [3.8, 4) is 17.1 Å². The molecular weight excluding hydrogens is 410 g/mol. The summed E-state index contributed by atoms with van der Waals surface area (Å²) >= 11 is 0. The fraction of sp³-hybridized carbons (Fsp3) is 0.522. The number of morpholine rings is 1. The number of nitrogens with zero attached hydrogens (tertiary/aromatic N) is 4. The minimum Gasteiger partial charge on any atom is -0.474 e. The molecule has 0 bridgehead atoms. The van der Waals surface area contributed by atoms with Gasteiger partial charge in [-0.2, -0.15) is 5.10 Å². The molecule has 0 aliphatic carbocycles. The molecule has 32 heavy (non-hydrogen) atoms. The molecule has 1 amide bonds. The summed E-state index contributed by atoms with van der Waals surface area (Å²) in [6, 6.07) is 3.95. The van der Waals surface area contributed by atoms with E-state index in [1.54, 1.807) is 6.20 Å². The maximum atomic E-state index is 13.3. The van der Waals surface area contributed by atoms with Crippen molar-refractivity contribution < 1.29 is 19.0 Å². The highest BCUT2D eigenvalue weighted by atomic mass is 16.5. The Labute approximate surface area is 186 Å². The van der Waals surface area contributed by atoms with Crippen LogP contribution in [0.3, 0.4) is 0 Å².